The molecule has 3 heterocycles. The predicted octanol–water partition coefficient (Wildman–Crippen LogP) is 3.64. The van der Waals surface area contributed by atoms with Crippen molar-refractivity contribution >= 4 is 17.5 Å². The summed E-state index contributed by atoms with van der Waals surface area (Å²) in [5.74, 6) is 2.04. The van der Waals surface area contributed by atoms with E-state index < -0.39 is 0 Å². The first kappa shape index (κ1) is 23.0. The molecule has 0 atom stereocenters. The summed E-state index contributed by atoms with van der Waals surface area (Å²) in [6.45, 7) is 3.66. The van der Waals surface area contributed by atoms with Crippen molar-refractivity contribution in [2.75, 3.05) is 50.2 Å². The number of morpholine rings is 1. The Labute approximate surface area is 203 Å². The van der Waals surface area contributed by atoms with Crippen LogP contribution >= 0.6 is 0 Å². The summed E-state index contributed by atoms with van der Waals surface area (Å²) in [5, 5.41) is 2.80. The highest BCUT2D eigenvalue weighted by Gasteiger charge is 2.28. The van der Waals surface area contributed by atoms with Crippen molar-refractivity contribution in [3.8, 4) is 5.75 Å². The number of carbonyl (C=O) groups is 1. The Hall–Kier alpha value is -3.72. The number of hydrogen-bond donors (Lipinski definition) is 1. The van der Waals surface area contributed by atoms with Gasteiger partial charge in [-0.15, -0.1) is 0 Å². The lowest BCUT2D eigenvalue weighted by molar-refractivity contribution is 0.122. The lowest BCUT2D eigenvalue weighted by Gasteiger charge is -2.34. The minimum Gasteiger partial charge on any atom is -0.497 e. The van der Waals surface area contributed by atoms with Gasteiger partial charge in [0.15, 0.2) is 0 Å². The molecule has 2 amide bonds. The maximum Gasteiger partial charge on any atom is 0.322 e. The molecule has 3 aromatic rings. The number of amides is 2. The number of benzene rings is 2. The molecule has 0 unspecified atom stereocenters. The summed E-state index contributed by atoms with van der Waals surface area (Å²) >= 11 is 0. The van der Waals surface area contributed by atoms with E-state index in [-0.39, 0.29) is 11.8 Å². The number of urea groups is 1. The lowest BCUT2D eigenvalue weighted by Crippen LogP contribution is -2.42. The number of carbonyl (C=O) groups excluding carboxylic acids is 1. The van der Waals surface area contributed by atoms with Crippen molar-refractivity contribution in [1.29, 1.82) is 0 Å². The largest absolute Gasteiger partial charge is 0.497 e. The van der Waals surface area contributed by atoms with E-state index in [0.717, 1.165) is 47.3 Å². The van der Waals surface area contributed by atoms with Crippen LogP contribution in [0.3, 0.4) is 0 Å². The quantitative estimate of drug-likeness (QED) is 0.605. The molecule has 182 valence electrons. The lowest BCUT2D eigenvalue weighted by atomic mass is 10.0. The second-order valence-electron chi connectivity index (χ2n) is 8.63. The summed E-state index contributed by atoms with van der Waals surface area (Å²) in [6.07, 6.45) is 1.24. The number of halogens is 1. The van der Waals surface area contributed by atoms with Gasteiger partial charge in [0.1, 0.15) is 23.2 Å². The molecule has 2 aromatic carbocycles. The number of nitrogens with zero attached hydrogens (tertiary/aromatic N) is 4. The number of hydrogen-bond acceptors (Lipinski definition) is 6. The summed E-state index contributed by atoms with van der Waals surface area (Å²) in [4.78, 5) is 26.7. The van der Waals surface area contributed by atoms with Crippen LogP contribution in [0.4, 0.5) is 20.7 Å². The molecule has 0 spiro atoms. The van der Waals surface area contributed by atoms with Crippen molar-refractivity contribution in [1.82, 2.24) is 14.9 Å². The van der Waals surface area contributed by atoms with E-state index in [1.165, 1.54) is 12.1 Å². The highest BCUT2D eigenvalue weighted by Crippen LogP contribution is 2.29. The highest BCUT2D eigenvalue weighted by molar-refractivity contribution is 5.89. The molecule has 5 rings (SSSR count). The number of nitrogens with one attached hydrogen (secondary N) is 1. The number of anilines is 2. The molecular weight excluding hydrogens is 449 g/mol. The van der Waals surface area contributed by atoms with Gasteiger partial charge in [0.25, 0.3) is 0 Å². The summed E-state index contributed by atoms with van der Waals surface area (Å²) in [6, 6.07) is 13.6. The fraction of sp³-hybridized carbons (Fsp3) is 0.346. The fourth-order valence-electron chi connectivity index (χ4n) is 4.43. The summed E-state index contributed by atoms with van der Waals surface area (Å²) in [7, 11) is 1.65. The smallest absolute Gasteiger partial charge is 0.322 e. The third-order valence-corrected chi connectivity index (χ3v) is 6.28. The van der Waals surface area contributed by atoms with E-state index in [4.69, 9.17) is 19.4 Å². The molecule has 2 aliphatic rings. The summed E-state index contributed by atoms with van der Waals surface area (Å²) < 4.78 is 24.3. The van der Waals surface area contributed by atoms with E-state index in [0.29, 0.717) is 44.8 Å². The SMILES string of the molecule is COc1ccc(Cc2nc3c(c(N4CCOCC4)n2)CN(C(=O)Nc2cccc(F)c2)CC3)cc1. The Morgan fingerprint density at radius 2 is 1.91 bits per heavy atom. The number of rotatable bonds is 5. The van der Waals surface area contributed by atoms with Gasteiger partial charge in [0.05, 0.1) is 32.6 Å². The maximum atomic E-state index is 13.5. The van der Waals surface area contributed by atoms with Gasteiger partial charge in [-0.2, -0.15) is 0 Å². The molecule has 0 radical (unpaired) electrons. The second-order valence-corrected chi connectivity index (χ2v) is 8.63. The Bertz CT molecular complexity index is 1200. The fourth-order valence-corrected chi connectivity index (χ4v) is 4.43. The van der Waals surface area contributed by atoms with Gasteiger partial charge in [-0.3, -0.25) is 0 Å². The van der Waals surface area contributed by atoms with Gasteiger partial charge < -0.3 is 24.6 Å². The maximum absolute atomic E-state index is 13.5. The molecule has 1 N–H and O–H groups in total. The van der Waals surface area contributed by atoms with Crippen LogP contribution in [0, 0.1) is 5.82 Å². The molecule has 1 fully saturated rings. The molecule has 2 aliphatic heterocycles. The van der Waals surface area contributed by atoms with Crippen LogP contribution in [-0.2, 0) is 24.1 Å². The van der Waals surface area contributed by atoms with Crippen molar-refractivity contribution < 1.29 is 18.7 Å². The topological polar surface area (TPSA) is 79.8 Å². The first-order valence-electron chi connectivity index (χ1n) is 11.7. The molecule has 0 bridgehead atoms. The van der Waals surface area contributed by atoms with Crippen molar-refractivity contribution in [3.05, 3.63) is 77.0 Å². The van der Waals surface area contributed by atoms with Crippen LogP contribution in [0.1, 0.15) is 22.6 Å². The van der Waals surface area contributed by atoms with Gasteiger partial charge in [-0.25, -0.2) is 19.2 Å². The molecule has 8 nitrogen and oxygen atoms in total. The zero-order valence-electron chi connectivity index (χ0n) is 19.7. The zero-order valence-corrected chi connectivity index (χ0v) is 19.7. The van der Waals surface area contributed by atoms with Crippen LogP contribution in [0.15, 0.2) is 48.5 Å². The van der Waals surface area contributed by atoms with Gasteiger partial charge in [0.2, 0.25) is 0 Å². The van der Waals surface area contributed by atoms with E-state index in [1.807, 2.05) is 24.3 Å². The number of methoxy groups -OCH3 is 1. The first-order valence-corrected chi connectivity index (χ1v) is 11.7. The Morgan fingerprint density at radius 1 is 1.11 bits per heavy atom. The molecule has 1 aromatic heterocycles. The Balaban J connectivity index is 1.40. The van der Waals surface area contributed by atoms with E-state index in [9.17, 15) is 9.18 Å². The van der Waals surface area contributed by atoms with Crippen LogP contribution < -0.4 is 15.0 Å². The molecule has 0 aliphatic carbocycles. The number of ether oxygens (including phenoxy) is 2. The van der Waals surface area contributed by atoms with E-state index in [2.05, 4.69) is 10.2 Å². The number of aromatic nitrogens is 2. The van der Waals surface area contributed by atoms with Gasteiger partial charge in [-0.05, 0) is 35.9 Å². The van der Waals surface area contributed by atoms with Crippen LogP contribution in [0.25, 0.3) is 0 Å². The average Bonchev–Trinajstić information content (AvgIpc) is 2.89. The van der Waals surface area contributed by atoms with Gasteiger partial charge in [0, 0.05) is 43.7 Å². The zero-order chi connectivity index (χ0) is 24.2. The first-order chi connectivity index (χ1) is 17.1. The average molecular weight is 478 g/mol. The predicted molar refractivity (Wildman–Crippen MR) is 130 cm³/mol. The van der Waals surface area contributed by atoms with Crippen LogP contribution in [-0.4, -0.2) is 60.9 Å². The van der Waals surface area contributed by atoms with E-state index >= 15 is 0 Å². The van der Waals surface area contributed by atoms with Crippen molar-refractivity contribution in [2.24, 2.45) is 0 Å². The molecular formula is C26H28FN5O3. The van der Waals surface area contributed by atoms with E-state index in [1.54, 1.807) is 24.1 Å². The second kappa shape index (κ2) is 10.3. The minimum atomic E-state index is -0.390. The van der Waals surface area contributed by atoms with Crippen LogP contribution in [0.2, 0.25) is 0 Å². The monoisotopic (exact) mass is 477 g/mol. The number of fused-ring (bicyclic) bond motifs is 1. The standard InChI is InChI=1S/C26H28FN5O3/c1-34-21-7-5-18(6-8-21)15-24-29-23-9-10-32(26(33)28-20-4-2-3-19(27)16-20)17-22(23)25(30-24)31-11-13-35-14-12-31/h2-8,16H,9-15,17H2,1H3,(H,28,33). The molecule has 35 heavy (non-hydrogen) atoms. The Morgan fingerprint density at radius 3 is 2.66 bits per heavy atom. The normalized spacial score (nSPS) is 15.5. The van der Waals surface area contributed by atoms with Crippen molar-refractivity contribution in [3.63, 3.8) is 0 Å². The van der Waals surface area contributed by atoms with Gasteiger partial charge in [-0.1, -0.05) is 18.2 Å². The van der Waals surface area contributed by atoms with Crippen molar-refractivity contribution in [2.45, 2.75) is 19.4 Å². The third kappa shape index (κ3) is 5.35. The highest BCUT2D eigenvalue weighted by atomic mass is 19.1. The minimum absolute atomic E-state index is 0.267. The van der Waals surface area contributed by atoms with Gasteiger partial charge >= 0.3 is 6.03 Å². The molecule has 1 saturated heterocycles. The van der Waals surface area contributed by atoms with Crippen LogP contribution in [0.5, 0.6) is 5.75 Å². The molecule has 0 saturated carbocycles. The molecule has 9 heteroatoms. The summed E-state index contributed by atoms with van der Waals surface area (Å²) in [5.41, 5.74) is 3.47. The Kier molecular flexibility index (Phi) is 6.76. The third-order valence-electron chi connectivity index (χ3n) is 6.28.